The van der Waals surface area contributed by atoms with E-state index in [2.05, 4.69) is 9.97 Å². The number of amides is 1. The molecule has 5 heterocycles. The molecule has 0 N–H and O–H groups in total. The number of fused-ring (bicyclic) bond motifs is 2. The number of carbonyl (C=O) groups is 1. The lowest BCUT2D eigenvalue weighted by Gasteiger charge is -2.18. The minimum Gasteiger partial charge on any atom is -0.494 e. The molecular formula is C20H18ClN3O4. The molecule has 7 nitrogen and oxygen atoms in total. The van der Waals surface area contributed by atoms with E-state index in [1.54, 1.807) is 37.7 Å². The van der Waals surface area contributed by atoms with Crippen molar-refractivity contribution in [1.82, 2.24) is 14.9 Å². The molecule has 0 aromatic carbocycles. The van der Waals surface area contributed by atoms with Crippen LogP contribution in [0, 0.1) is 11.8 Å². The number of furan rings is 1. The number of hydrogen-bond donors (Lipinski definition) is 0. The van der Waals surface area contributed by atoms with Gasteiger partial charge in [-0.2, -0.15) is 0 Å². The van der Waals surface area contributed by atoms with E-state index in [0.717, 1.165) is 26.3 Å². The Morgan fingerprint density at radius 3 is 2.75 bits per heavy atom. The van der Waals surface area contributed by atoms with Gasteiger partial charge in [-0.1, -0.05) is 11.6 Å². The minimum absolute atomic E-state index is 0.0407. The fourth-order valence-corrected chi connectivity index (χ4v) is 4.15. The van der Waals surface area contributed by atoms with Gasteiger partial charge in [-0.15, -0.1) is 0 Å². The van der Waals surface area contributed by atoms with Crippen LogP contribution in [0.2, 0.25) is 5.02 Å². The number of ether oxygens (including phenoxy) is 2. The molecule has 2 saturated heterocycles. The van der Waals surface area contributed by atoms with Crippen LogP contribution in [0.15, 0.2) is 35.0 Å². The summed E-state index contributed by atoms with van der Waals surface area (Å²) in [4.78, 5) is 23.5. The Labute approximate surface area is 166 Å². The minimum atomic E-state index is -0.0407. The predicted octanol–water partition coefficient (Wildman–Crippen LogP) is 3.27. The van der Waals surface area contributed by atoms with Crippen LogP contribution in [0.5, 0.6) is 5.75 Å². The molecule has 1 amide bonds. The monoisotopic (exact) mass is 399 g/mol. The SMILES string of the molecule is COc1cc(C(=O)N2CC3COCC3C2)cnc1-c1cc2nccc(Cl)c2o1. The first-order chi connectivity index (χ1) is 13.6. The lowest BCUT2D eigenvalue weighted by Crippen LogP contribution is -2.30. The third-order valence-corrected chi connectivity index (χ3v) is 5.74. The van der Waals surface area contributed by atoms with Crippen molar-refractivity contribution in [2.75, 3.05) is 33.4 Å². The number of rotatable bonds is 3. The van der Waals surface area contributed by atoms with Gasteiger partial charge in [-0.25, -0.2) is 4.98 Å². The smallest absolute Gasteiger partial charge is 0.255 e. The van der Waals surface area contributed by atoms with Gasteiger partial charge < -0.3 is 18.8 Å². The number of methoxy groups -OCH3 is 1. The molecule has 144 valence electrons. The molecule has 2 aliphatic rings. The summed E-state index contributed by atoms with van der Waals surface area (Å²) in [7, 11) is 1.54. The summed E-state index contributed by atoms with van der Waals surface area (Å²) >= 11 is 6.17. The Morgan fingerprint density at radius 1 is 1.25 bits per heavy atom. The van der Waals surface area contributed by atoms with E-state index in [0.29, 0.717) is 50.7 Å². The normalized spacial score (nSPS) is 21.3. The lowest BCUT2D eigenvalue weighted by molar-refractivity contribution is 0.0750. The summed E-state index contributed by atoms with van der Waals surface area (Å²) in [5.74, 6) is 1.78. The number of carbonyl (C=O) groups excluding carboxylic acids is 1. The highest BCUT2D eigenvalue weighted by atomic mass is 35.5. The highest BCUT2D eigenvalue weighted by Gasteiger charge is 2.39. The second kappa shape index (κ2) is 6.76. The molecule has 0 radical (unpaired) electrons. The number of aromatic nitrogens is 2. The maximum atomic E-state index is 12.9. The summed E-state index contributed by atoms with van der Waals surface area (Å²) in [6, 6.07) is 5.13. The van der Waals surface area contributed by atoms with Crippen molar-refractivity contribution < 1.29 is 18.7 Å². The summed E-state index contributed by atoms with van der Waals surface area (Å²) in [6.45, 7) is 2.91. The van der Waals surface area contributed by atoms with E-state index in [9.17, 15) is 4.79 Å². The first kappa shape index (κ1) is 17.5. The van der Waals surface area contributed by atoms with E-state index in [-0.39, 0.29) is 5.91 Å². The Hall–Kier alpha value is -2.64. The molecular weight excluding hydrogens is 382 g/mol. The van der Waals surface area contributed by atoms with Gasteiger partial charge in [0.15, 0.2) is 11.3 Å². The van der Waals surface area contributed by atoms with Gasteiger partial charge in [-0.05, 0) is 12.1 Å². The molecule has 8 heteroatoms. The molecule has 0 bridgehead atoms. The van der Waals surface area contributed by atoms with Crippen LogP contribution in [-0.2, 0) is 4.74 Å². The summed E-state index contributed by atoms with van der Waals surface area (Å²) in [5.41, 5.74) is 2.12. The maximum absolute atomic E-state index is 12.9. The molecule has 2 fully saturated rings. The van der Waals surface area contributed by atoms with Crippen molar-refractivity contribution in [2.24, 2.45) is 11.8 Å². The first-order valence-corrected chi connectivity index (χ1v) is 9.47. The lowest BCUT2D eigenvalue weighted by atomic mass is 10.0. The van der Waals surface area contributed by atoms with Crippen LogP contribution in [0.3, 0.4) is 0 Å². The third-order valence-electron chi connectivity index (χ3n) is 5.44. The predicted molar refractivity (Wildman–Crippen MR) is 103 cm³/mol. The molecule has 2 aliphatic heterocycles. The largest absolute Gasteiger partial charge is 0.494 e. The van der Waals surface area contributed by atoms with Crippen molar-refractivity contribution in [3.05, 3.63) is 41.2 Å². The second-order valence-electron chi connectivity index (χ2n) is 7.16. The van der Waals surface area contributed by atoms with Gasteiger partial charge in [-0.3, -0.25) is 9.78 Å². The fraction of sp³-hybridized carbons (Fsp3) is 0.350. The van der Waals surface area contributed by atoms with Crippen LogP contribution < -0.4 is 4.74 Å². The highest BCUT2D eigenvalue weighted by molar-refractivity contribution is 6.34. The molecule has 3 aromatic heterocycles. The topological polar surface area (TPSA) is 77.7 Å². The van der Waals surface area contributed by atoms with E-state index < -0.39 is 0 Å². The first-order valence-electron chi connectivity index (χ1n) is 9.09. The molecule has 28 heavy (non-hydrogen) atoms. The van der Waals surface area contributed by atoms with E-state index in [4.69, 9.17) is 25.5 Å². The number of hydrogen-bond acceptors (Lipinski definition) is 6. The van der Waals surface area contributed by atoms with Crippen molar-refractivity contribution >= 4 is 28.6 Å². The molecule has 5 rings (SSSR count). The van der Waals surface area contributed by atoms with Gasteiger partial charge >= 0.3 is 0 Å². The maximum Gasteiger partial charge on any atom is 0.255 e. The second-order valence-corrected chi connectivity index (χ2v) is 7.57. The molecule has 2 unspecified atom stereocenters. The van der Waals surface area contributed by atoms with Crippen LogP contribution in [-0.4, -0.2) is 54.2 Å². The Morgan fingerprint density at radius 2 is 2.04 bits per heavy atom. The average Bonchev–Trinajstić information content (AvgIpc) is 3.41. The quantitative estimate of drug-likeness (QED) is 0.672. The fourth-order valence-electron chi connectivity index (χ4n) is 3.96. The Kier molecular flexibility index (Phi) is 4.21. The summed E-state index contributed by atoms with van der Waals surface area (Å²) < 4.78 is 16.8. The van der Waals surface area contributed by atoms with Crippen LogP contribution in [0.25, 0.3) is 22.6 Å². The third kappa shape index (κ3) is 2.82. The Bertz CT molecular complexity index is 1050. The molecule has 0 spiro atoms. The molecule has 2 atom stereocenters. The van der Waals surface area contributed by atoms with Crippen molar-refractivity contribution in [3.8, 4) is 17.2 Å². The summed E-state index contributed by atoms with van der Waals surface area (Å²) in [5, 5.41) is 0.477. The van der Waals surface area contributed by atoms with Crippen LogP contribution in [0.1, 0.15) is 10.4 Å². The zero-order valence-corrected chi connectivity index (χ0v) is 16.0. The zero-order chi connectivity index (χ0) is 19.3. The van der Waals surface area contributed by atoms with Crippen molar-refractivity contribution in [3.63, 3.8) is 0 Å². The van der Waals surface area contributed by atoms with Gasteiger partial charge in [0.05, 0.1) is 30.9 Å². The standard InChI is InChI=1S/C20H18ClN3O4/c1-26-16-4-11(20(25)24-7-12-9-27-10-13(12)8-24)6-23-18(16)17-5-15-19(28-17)14(21)2-3-22-15/h2-6,12-13H,7-10H2,1H3. The number of nitrogens with zero attached hydrogens (tertiary/aromatic N) is 3. The van der Waals surface area contributed by atoms with Crippen molar-refractivity contribution in [2.45, 2.75) is 0 Å². The molecule has 0 saturated carbocycles. The number of likely N-dealkylation sites (tertiary alicyclic amines) is 1. The van der Waals surface area contributed by atoms with E-state index >= 15 is 0 Å². The van der Waals surface area contributed by atoms with Gasteiger partial charge in [0.2, 0.25) is 0 Å². The molecule has 0 aliphatic carbocycles. The summed E-state index contributed by atoms with van der Waals surface area (Å²) in [6.07, 6.45) is 3.18. The number of halogens is 1. The van der Waals surface area contributed by atoms with Crippen LogP contribution in [0.4, 0.5) is 0 Å². The van der Waals surface area contributed by atoms with E-state index in [1.807, 2.05) is 4.90 Å². The van der Waals surface area contributed by atoms with Crippen molar-refractivity contribution in [1.29, 1.82) is 0 Å². The molecule has 3 aromatic rings. The van der Waals surface area contributed by atoms with Gasteiger partial charge in [0.1, 0.15) is 17.0 Å². The van der Waals surface area contributed by atoms with Gasteiger partial charge in [0.25, 0.3) is 5.91 Å². The number of pyridine rings is 2. The van der Waals surface area contributed by atoms with E-state index in [1.165, 1.54) is 0 Å². The highest BCUT2D eigenvalue weighted by Crippen LogP contribution is 2.35. The van der Waals surface area contributed by atoms with Crippen LogP contribution >= 0.6 is 11.6 Å². The Balaban J connectivity index is 1.46. The average molecular weight is 400 g/mol. The van der Waals surface area contributed by atoms with Gasteiger partial charge in [0, 0.05) is 43.4 Å². The zero-order valence-electron chi connectivity index (χ0n) is 15.2.